The second kappa shape index (κ2) is 8.87. The minimum atomic E-state index is -0.197. The molecule has 5 heteroatoms. The van der Waals surface area contributed by atoms with Crippen molar-refractivity contribution in [2.75, 3.05) is 14.2 Å². The molecule has 0 heterocycles. The van der Waals surface area contributed by atoms with Crippen LogP contribution in [-0.4, -0.2) is 26.3 Å². The van der Waals surface area contributed by atoms with Gasteiger partial charge in [0, 0.05) is 5.92 Å². The number of rotatable bonds is 7. The fourth-order valence-corrected chi connectivity index (χ4v) is 2.44. The number of methoxy groups -OCH3 is 2. The maximum atomic E-state index is 12.2. The van der Waals surface area contributed by atoms with Gasteiger partial charge in [-0.3, -0.25) is 4.79 Å². The SMILES string of the molecule is COc1cccc(CC(C)C(=O)NN=Cc2ccc(C)c(OC)c2)c1. The number of carbonyl (C=O) groups is 1. The molecule has 2 rings (SSSR count). The molecule has 25 heavy (non-hydrogen) atoms. The molecular formula is C20H24N2O3. The summed E-state index contributed by atoms with van der Waals surface area (Å²) in [6.45, 7) is 3.85. The number of carbonyl (C=O) groups excluding carboxylic acids is 1. The molecule has 0 fully saturated rings. The molecule has 1 unspecified atom stereocenters. The zero-order valence-corrected chi connectivity index (χ0v) is 15.1. The van der Waals surface area contributed by atoms with Crippen molar-refractivity contribution < 1.29 is 14.3 Å². The van der Waals surface area contributed by atoms with Crippen LogP contribution < -0.4 is 14.9 Å². The average Bonchev–Trinajstić information content (AvgIpc) is 2.63. The number of amides is 1. The molecule has 1 amide bonds. The van der Waals surface area contributed by atoms with Gasteiger partial charge in [-0.1, -0.05) is 31.2 Å². The largest absolute Gasteiger partial charge is 0.497 e. The van der Waals surface area contributed by atoms with Crippen molar-refractivity contribution in [2.24, 2.45) is 11.0 Å². The van der Waals surface area contributed by atoms with Crippen molar-refractivity contribution in [1.82, 2.24) is 5.43 Å². The van der Waals surface area contributed by atoms with Gasteiger partial charge in [0.2, 0.25) is 5.91 Å². The summed E-state index contributed by atoms with van der Waals surface area (Å²) < 4.78 is 10.5. The van der Waals surface area contributed by atoms with Crippen LogP contribution in [0.3, 0.4) is 0 Å². The first kappa shape index (κ1) is 18.5. The summed E-state index contributed by atoms with van der Waals surface area (Å²) in [4.78, 5) is 12.2. The van der Waals surface area contributed by atoms with E-state index in [1.54, 1.807) is 20.4 Å². The summed E-state index contributed by atoms with van der Waals surface area (Å²) in [5.74, 6) is 1.26. The van der Waals surface area contributed by atoms with Crippen molar-refractivity contribution in [3.63, 3.8) is 0 Å². The summed E-state index contributed by atoms with van der Waals surface area (Å²) in [7, 11) is 3.26. The van der Waals surface area contributed by atoms with Crippen LogP contribution in [0.1, 0.15) is 23.6 Å². The van der Waals surface area contributed by atoms with Crippen molar-refractivity contribution in [1.29, 1.82) is 0 Å². The van der Waals surface area contributed by atoms with Gasteiger partial charge in [0.15, 0.2) is 0 Å². The predicted octanol–water partition coefficient (Wildman–Crippen LogP) is 3.34. The van der Waals surface area contributed by atoms with E-state index in [9.17, 15) is 4.79 Å². The second-order valence-corrected chi connectivity index (χ2v) is 5.92. The van der Waals surface area contributed by atoms with Gasteiger partial charge in [-0.05, 0) is 48.2 Å². The highest BCUT2D eigenvalue weighted by molar-refractivity contribution is 5.83. The van der Waals surface area contributed by atoms with Crippen molar-refractivity contribution in [2.45, 2.75) is 20.3 Å². The Balaban J connectivity index is 1.92. The molecule has 0 saturated carbocycles. The number of benzene rings is 2. The van der Waals surface area contributed by atoms with Crippen molar-refractivity contribution in [3.8, 4) is 11.5 Å². The molecule has 0 saturated heterocycles. The van der Waals surface area contributed by atoms with Crippen LogP contribution >= 0.6 is 0 Å². The molecule has 0 aromatic heterocycles. The van der Waals surface area contributed by atoms with Gasteiger partial charge in [0.25, 0.3) is 0 Å². The number of hydrogen-bond donors (Lipinski definition) is 1. The monoisotopic (exact) mass is 340 g/mol. The molecule has 1 N–H and O–H groups in total. The maximum absolute atomic E-state index is 12.2. The highest BCUT2D eigenvalue weighted by atomic mass is 16.5. The van der Waals surface area contributed by atoms with Crippen LogP contribution in [0.5, 0.6) is 11.5 Å². The van der Waals surface area contributed by atoms with E-state index in [1.165, 1.54) is 0 Å². The lowest BCUT2D eigenvalue weighted by Gasteiger charge is -2.10. The van der Waals surface area contributed by atoms with Crippen molar-refractivity contribution in [3.05, 3.63) is 59.2 Å². The Hall–Kier alpha value is -2.82. The second-order valence-electron chi connectivity index (χ2n) is 5.92. The number of hydrazone groups is 1. The Morgan fingerprint density at radius 1 is 1.20 bits per heavy atom. The van der Waals surface area contributed by atoms with E-state index in [2.05, 4.69) is 10.5 Å². The summed E-state index contributed by atoms with van der Waals surface area (Å²) in [5, 5.41) is 4.04. The van der Waals surface area contributed by atoms with Crippen molar-refractivity contribution >= 4 is 12.1 Å². The van der Waals surface area contributed by atoms with Gasteiger partial charge in [0.1, 0.15) is 11.5 Å². The highest BCUT2D eigenvalue weighted by Gasteiger charge is 2.13. The third-order valence-corrected chi connectivity index (χ3v) is 3.94. The molecule has 0 bridgehead atoms. The van der Waals surface area contributed by atoms with E-state index in [-0.39, 0.29) is 11.8 Å². The van der Waals surface area contributed by atoms with Crippen LogP contribution in [0.2, 0.25) is 0 Å². The van der Waals surface area contributed by atoms with Gasteiger partial charge in [-0.15, -0.1) is 0 Å². The molecule has 0 spiro atoms. The molecule has 2 aromatic carbocycles. The number of nitrogens with one attached hydrogen (secondary N) is 1. The average molecular weight is 340 g/mol. The molecule has 2 aromatic rings. The van der Waals surface area contributed by atoms with Crippen LogP contribution in [0.15, 0.2) is 47.6 Å². The van der Waals surface area contributed by atoms with E-state index in [1.807, 2.05) is 56.3 Å². The first-order valence-electron chi connectivity index (χ1n) is 8.14. The molecular weight excluding hydrogens is 316 g/mol. The third kappa shape index (κ3) is 5.35. The normalized spacial score (nSPS) is 12.0. The van der Waals surface area contributed by atoms with E-state index in [0.29, 0.717) is 6.42 Å². The summed E-state index contributed by atoms with van der Waals surface area (Å²) >= 11 is 0. The fourth-order valence-electron chi connectivity index (χ4n) is 2.44. The lowest BCUT2D eigenvalue weighted by molar-refractivity contribution is -0.124. The number of nitrogens with zero attached hydrogens (tertiary/aromatic N) is 1. The standard InChI is InChI=1S/C20H24N2O3/c1-14-8-9-17(12-19(14)25-4)13-21-22-20(23)15(2)10-16-6-5-7-18(11-16)24-3/h5-9,11-13,15H,10H2,1-4H3,(H,22,23). The zero-order valence-electron chi connectivity index (χ0n) is 15.1. The Morgan fingerprint density at radius 3 is 2.72 bits per heavy atom. The van der Waals surface area contributed by atoms with E-state index in [0.717, 1.165) is 28.2 Å². The van der Waals surface area contributed by atoms with Crippen LogP contribution in [0.25, 0.3) is 0 Å². The molecule has 0 radical (unpaired) electrons. The van der Waals surface area contributed by atoms with E-state index in [4.69, 9.17) is 9.47 Å². The summed E-state index contributed by atoms with van der Waals surface area (Å²) in [6, 6.07) is 13.5. The highest BCUT2D eigenvalue weighted by Crippen LogP contribution is 2.18. The predicted molar refractivity (Wildman–Crippen MR) is 99.3 cm³/mol. The smallest absolute Gasteiger partial charge is 0.243 e. The number of ether oxygens (including phenoxy) is 2. The lowest BCUT2D eigenvalue weighted by atomic mass is 10.0. The van der Waals surface area contributed by atoms with Gasteiger partial charge in [0.05, 0.1) is 20.4 Å². The summed E-state index contributed by atoms with van der Waals surface area (Å²) in [5.41, 5.74) is 5.56. The lowest BCUT2D eigenvalue weighted by Crippen LogP contribution is -2.26. The molecule has 0 aliphatic heterocycles. The Bertz CT molecular complexity index is 756. The van der Waals surface area contributed by atoms with E-state index < -0.39 is 0 Å². The van der Waals surface area contributed by atoms with Crippen LogP contribution in [0, 0.1) is 12.8 Å². The van der Waals surface area contributed by atoms with E-state index >= 15 is 0 Å². The number of hydrogen-bond acceptors (Lipinski definition) is 4. The van der Waals surface area contributed by atoms with Gasteiger partial charge in [-0.2, -0.15) is 5.10 Å². The van der Waals surface area contributed by atoms with Gasteiger partial charge >= 0.3 is 0 Å². The molecule has 5 nitrogen and oxygen atoms in total. The first-order valence-corrected chi connectivity index (χ1v) is 8.14. The Morgan fingerprint density at radius 2 is 2.00 bits per heavy atom. The quantitative estimate of drug-likeness (QED) is 0.621. The summed E-state index contributed by atoms with van der Waals surface area (Å²) in [6.07, 6.45) is 2.23. The molecule has 0 aliphatic rings. The molecule has 132 valence electrons. The Labute approximate surface area is 148 Å². The minimum absolute atomic E-state index is 0.127. The topological polar surface area (TPSA) is 59.9 Å². The zero-order chi connectivity index (χ0) is 18.2. The third-order valence-electron chi connectivity index (χ3n) is 3.94. The van der Waals surface area contributed by atoms with Crippen LogP contribution in [-0.2, 0) is 11.2 Å². The first-order chi connectivity index (χ1) is 12.0. The number of aryl methyl sites for hydroxylation is 1. The van der Waals surface area contributed by atoms with Gasteiger partial charge in [-0.25, -0.2) is 5.43 Å². The minimum Gasteiger partial charge on any atom is -0.497 e. The Kier molecular flexibility index (Phi) is 6.57. The molecule has 1 atom stereocenters. The fraction of sp³-hybridized carbons (Fsp3) is 0.300. The maximum Gasteiger partial charge on any atom is 0.243 e. The van der Waals surface area contributed by atoms with Crippen LogP contribution in [0.4, 0.5) is 0 Å². The van der Waals surface area contributed by atoms with Gasteiger partial charge < -0.3 is 9.47 Å². The molecule has 0 aliphatic carbocycles.